The summed E-state index contributed by atoms with van der Waals surface area (Å²) < 4.78 is 0.307. The van der Waals surface area contributed by atoms with Crippen LogP contribution in [0, 0.1) is 0 Å². The van der Waals surface area contributed by atoms with Crippen molar-refractivity contribution in [3.8, 4) is 0 Å². The second-order valence-electron chi connectivity index (χ2n) is 1.83. The SMILES string of the molecule is CN(CCC(=O)O)C(=S)[S-].[Na+]. The third kappa shape index (κ3) is 8.49. The van der Waals surface area contributed by atoms with Crippen molar-refractivity contribution in [2.75, 3.05) is 13.6 Å². The molecule has 0 amide bonds. The summed E-state index contributed by atoms with van der Waals surface area (Å²) in [6.45, 7) is 0.387. The van der Waals surface area contributed by atoms with Gasteiger partial charge in [0, 0.05) is 13.6 Å². The minimum absolute atomic E-state index is 0. The van der Waals surface area contributed by atoms with Crippen molar-refractivity contribution in [3.05, 3.63) is 0 Å². The van der Waals surface area contributed by atoms with Crippen LogP contribution >= 0.6 is 12.2 Å². The number of thiocarbonyl (C=S) groups is 1. The molecule has 0 atom stereocenters. The largest absolute Gasteiger partial charge is 1.00 e. The van der Waals surface area contributed by atoms with Crippen molar-refractivity contribution >= 4 is 35.1 Å². The summed E-state index contributed by atoms with van der Waals surface area (Å²) in [6.07, 6.45) is 0.0767. The Morgan fingerprint density at radius 2 is 2.18 bits per heavy atom. The van der Waals surface area contributed by atoms with Crippen molar-refractivity contribution in [2.24, 2.45) is 0 Å². The number of carbonyl (C=O) groups is 1. The van der Waals surface area contributed by atoms with Gasteiger partial charge in [-0.3, -0.25) is 4.79 Å². The zero-order valence-corrected chi connectivity index (χ0v) is 10.2. The van der Waals surface area contributed by atoms with Gasteiger partial charge in [0.15, 0.2) is 0 Å². The van der Waals surface area contributed by atoms with Crippen LogP contribution in [-0.4, -0.2) is 33.9 Å². The number of hydrogen-bond donors (Lipinski definition) is 1. The van der Waals surface area contributed by atoms with Crippen molar-refractivity contribution < 1.29 is 39.5 Å². The Morgan fingerprint density at radius 3 is 2.45 bits per heavy atom. The Kier molecular flexibility index (Phi) is 9.30. The maximum atomic E-state index is 10.0. The Balaban J connectivity index is 0. The summed E-state index contributed by atoms with van der Waals surface area (Å²) in [7, 11) is 1.68. The van der Waals surface area contributed by atoms with E-state index in [0.717, 1.165) is 0 Å². The van der Waals surface area contributed by atoms with E-state index in [9.17, 15) is 4.79 Å². The summed E-state index contributed by atoms with van der Waals surface area (Å²) in [4.78, 5) is 11.6. The van der Waals surface area contributed by atoms with Crippen LogP contribution in [0.25, 0.3) is 0 Å². The normalized spacial score (nSPS) is 8.09. The van der Waals surface area contributed by atoms with Crippen LogP contribution in [0.4, 0.5) is 0 Å². The fourth-order valence-electron chi connectivity index (χ4n) is 0.355. The first kappa shape index (κ1) is 14.1. The maximum absolute atomic E-state index is 10.0. The van der Waals surface area contributed by atoms with Crippen LogP contribution in [0.5, 0.6) is 0 Å². The first-order chi connectivity index (χ1) is 4.54. The van der Waals surface area contributed by atoms with Gasteiger partial charge in [0.05, 0.1) is 6.42 Å². The van der Waals surface area contributed by atoms with Crippen LogP contribution in [0.15, 0.2) is 0 Å². The molecule has 0 aliphatic heterocycles. The molecular formula is C5H8NNaO2S2. The average molecular weight is 201 g/mol. The fraction of sp³-hybridized carbons (Fsp3) is 0.600. The minimum Gasteiger partial charge on any atom is -0.481 e. The summed E-state index contributed by atoms with van der Waals surface area (Å²) in [5.74, 6) is -0.835. The average Bonchev–Trinajstić information content (AvgIpc) is 1.82. The van der Waals surface area contributed by atoms with Gasteiger partial charge >= 0.3 is 35.5 Å². The van der Waals surface area contributed by atoms with Crippen molar-refractivity contribution in [1.29, 1.82) is 0 Å². The van der Waals surface area contributed by atoms with E-state index in [-0.39, 0.29) is 36.0 Å². The van der Waals surface area contributed by atoms with Crippen LogP contribution < -0.4 is 29.6 Å². The van der Waals surface area contributed by atoms with Crippen LogP contribution in [0.3, 0.4) is 0 Å². The third-order valence-corrected chi connectivity index (χ3v) is 1.60. The molecule has 6 heteroatoms. The molecule has 11 heavy (non-hydrogen) atoms. The van der Waals surface area contributed by atoms with Crippen LogP contribution in [-0.2, 0) is 17.4 Å². The zero-order chi connectivity index (χ0) is 8.15. The summed E-state index contributed by atoms with van der Waals surface area (Å²) >= 11 is 9.24. The van der Waals surface area contributed by atoms with Gasteiger partial charge in [0.1, 0.15) is 0 Å². The second kappa shape index (κ2) is 7.24. The molecule has 0 saturated heterocycles. The molecule has 0 aliphatic rings. The molecule has 0 aromatic heterocycles. The number of carboxylic acid groups (broad SMARTS) is 1. The van der Waals surface area contributed by atoms with Crippen LogP contribution in [0.1, 0.15) is 6.42 Å². The van der Waals surface area contributed by atoms with E-state index in [4.69, 9.17) is 5.11 Å². The van der Waals surface area contributed by atoms with E-state index in [1.165, 1.54) is 0 Å². The molecule has 3 nitrogen and oxygen atoms in total. The van der Waals surface area contributed by atoms with E-state index in [1.54, 1.807) is 11.9 Å². The number of carboxylic acids is 1. The first-order valence-corrected chi connectivity index (χ1v) is 3.49. The van der Waals surface area contributed by atoms with Gasteiger partial charge in [0.25, 0.3) is 0 Å². The molecule has 0 bridgehead atoms. The molecule has 1 N–H and O–H groups in total. The van der Waals surface area contributed by atoms with Gasteiger partial charge in [0.2, 0.25) is 0 Å². The molecule has 0 aromatic rings. The van der Waals surface area contributed by atoms with Crippen LogP contribution in [0.2, 0.25) is 0 Å². The van der Waals surface area contributed by atoms with Crippen molar-refractivity contribution in [2.45, 2.75) is 6.42 Å². The van der Waals surface area contributed by atoms with E-state index < -0.39 is 5.97 Å². The van der Waals surface area contributed by atoms with Gasteiger partial charge < -0.3 is 34.9 Å². The summed E-state index contributed by atoms with van der Waals surface area (Å²) in [6, 6.07) is 0. The van der Waals surface area contributed by atoms with Gasteiger partial charge in [-0.2, -0.15) is 0 Å². The molecule has 0 spiro atoms. The molecular weight excluding hydrogens is 193 g/mol. The molecule has 0 unspecified atom stereocenters. The summed E-state index contributed by atoms with van der Waals surface area (Å²) in [5, 5.41) is 8.24. The second-order valence-corrected chi connectivity index (χ2v) is 2.86. The quantitative estimate of drug-likeness (QED) is 0.304. The van der Waals surface area contributed by atoms with E-state index in [0.29, 0.717) is 10.9 Å². The predicted molar refractivity (Wildman–Crippen MR) is 44.8 cm³/mol. The topological polar surface area (TPSA) is 40.5 Å². The fourth-order valence-corrected chi connectivity index (χ4v) is 0.537. The Bertz CT molecular complexity index is 153. The van der Waals surface area contributed by atoms with Gasteiger partial charge in [-0.25, -0.2) is 0 Å². The molecule has 58 valence electrons. The number of nitrogens with zero attached hydrogens (tertiary/aromatic N) is 1. The predicted octanol–water partition coefficient (Wildman–Crippen LogP) is -2.77. The van der Waals surface area contributed by atoms with Gasteiger partial charge in [-0.1, -0.05) is 4.32 Å². The number of aliphatic carboxylic acids is 1. The standard InChI is InChI=1S/C5H9NO2S2.Na/c1-6(5(9)10)3-2-4(7)8;/h2-3H2,1H3,(H,7,8)(H,9,10);/q;+1/p-1. The van der Waals surface area contributed by atoms with E-state index in [1.807, 2.05) is 0 Å². The Hall–Kier alpha value is 0.580. The maximum Gasteiger partial charge on any atom is 1.00 e. The summed E-state index contributed by atoms with van der Waals surface area (Å²) in [5.41, 5.74) is 0. The third-order valence-electron chi connectivity index (χ3n) is 0.973. The van der Waals surface area contributed by atoms with Gasteiger partial charge in [-0.15, -0.1) is 0 Å². The molecule has 0 aromatic carbocycles. The Labute approximate surface area is 98.8 Å². The van der Waals surface area contributed by atoms with E-state index in [2.05, 4.69) is 24.8 Å². The number of hydrogen-bond acceptors (Lipinski definition) is 3. The molecule has 0 radical (unpaired) electrons. The van der Waals surface area contributed by atoms with Crippen molar-refractivity contribution in [3.63, 3.8) is 0 Å². The molecule has 0 fully saturated rings. The Morgan fingerprint density at radius 1 is 1.73 bits per heavy atom. The van der Waals surface area contributed by atoms with E-state index >= 15 is 0 Å². The molecule has 0 saturated carbocycles. The molecule has 0 rings (SSSR count). The smallest absolute Gasteiger partial charge is 0.481 e. The number of rotatable bonds is 3. The minimum atomic E-state index is -0.835. The zero-order valence-electron chi connectivity index (χ0n) is 6.53. The van der Waals surface area contributed by atoms with Gasteiger partial charge in [-0.05, 0) is 0 Å². The monoisotopic (exact) mass is 201 g/mol. The first-order valence-electron chi connectivity index (χ1n) is 2.68. The van der Waals surface area contributed by atoms with Crippen molar-refractivity contribution in [1.82, 2.24) is 4.90 Å². The molecule has 0 aliphatic carbocycles. The molecule has 0 heterocycles.